The van der Waals surface area contributed by atoms with Gasteiger partial charge in [0.2, 0.25) is 0 Å². The van der Waals surface area contributed by atoms with Gasteiger partial charge < -0.3 is 24.3 Å². The van der Waals surface area contributed by atoms with Gasteiger partial charge in [-0.2, -0.15) is 0 Å². The molecule has 7 heteroatoms. The fourth-order valence-corrected chi connectivity index (χ4v) is 5.55. The van der Waals surface area contributed by atoms with Crippen molar-refractivity contribution in [1.82, 2.24) is 5.32 Å². The van der Waals surface area contributed by atoms with E-state index in [9.17, 15) is 4.39 Å². The minimum atomic E-state index is -0.284. The molecule has 1 N–H and O–H groups in total. The third-order valence-electron chi connectivity index (χ3n) is 5.44. The van der Waals surface area contributed by atoms with E-state index in [1.54, 1.807) is 33.5 Å². The van der Waals surface area contributed by atoms with Gasteiger partial charge in [0.25, 0.3) is 0 Å². The maximum Gasteiger partial charge on any atom is 0.188 e. The molecular weight excluding hydrogens is 440 g/mol. The van der Waals surface area contributed by atoms with Crippen LogP contribution < -0.4 is 24.8 Å². The molecule has 2 aromatic carbocycles. The Balaban J connectivity index is 2.59. The molecule has 33 heavy (non-hydrogen) atoms. The van der Waals surface area contributed by atoms with Gasteiger partial charge in [-0.25, -0.2) is 4.39 Å². The summed E-state index contributed by atoms with van der Waals surface area (Å²) in [6.07, 6.45) is 1.89. The van der Waals surface area contributed by atoms with E-state index in [4.69, 9.17) is 18.9 Å². The summed E-state index contributed by atoms with van der Waals surface area (Å²) in [6, 6.07) is 8.94. The largest absolute Gasteiger partial charge is 0.497 e. The zero-order chi connectivity index (χ0) is 24.6. The average molecular weight is 480 g/mol. The molecule has 0 aliphatic carbocycles. The van der Waals surface area contributed by atoms with Gasteiger partial charge >= 0.3 is 0 Å². The predicted molar refractivity (Wildman–Crippen MR) is 135 cm³/mol. The van der Waals surface area contributed by atoms with Crippen molar-refractivity contribution in [3.8, 4) is 17.2 Å². The first-order valence-electron chi connectivity index (χ1n) is 11.3. The van der Waals surface area contributed by atoms with Gasteiger partial charge in [0.05, 0.1) is 14.2 Å². The molecule has 0 radical (unpaired) electrons. The smallest absolute Gasteiger partial charge is 0.188 e. The Labute approximate surface area is 200 Å². The molecule has 0 aliphatic heterocycles. The molecule has 0 heterocycles. The molecule has 0 spiro atoms. The fraction of sp³-hybridized carbons (Fsp3) is 0.538. The zero-order valence-corrected chi connectivity index (χ0v) is 22.2. The number of hydrogen-bond donors (Lipinski definition) is 1. The van der Waals surface area contributed by atoms with Crippen molar-refractivity contribution in [1.29, 1.82) is 0 Å². The van der Waals surface area contributed by atoms with Crippen molar-refractivity contribution >= 4 is 13.9 Å². The van der Waals surface area contributed by atoms with Gasteiger partial charge in [0.15, 0.2) is 18.3 Å². The van der Waals surface area contributed by atoms with E-state index in [2.05, 4.69) is 39.9 Å². The molecule has 0 saturated heterocycles. The first-order chi connectivity index (χ1) is 15.6. The summed E-state index contributed by atoms with van der Waals surface area (Å²) in [6.45, 7) is 11.4. The van der Waals surface area contributed by atoms with Crippen LogP contribution >= 0.6 is 8.58 Å². The van der Waals surface area contributed by atoms with Crippen LogP contribution in [-0.2, 0) is 16.4 Å². The SMILES string of the molecule is CCCC(C)(Pc1ccc(F)cc1CNC(C)(C)C)c1cc(OC)cc(OC)c1OCOC. The van der Waals surface area contributed by atoms with Gasteiger partial charge in [-0.15, -0.1) is 0 Å². The molecule has 0 fully saturated rings. The van der Waals surface area contributed by atoms with Gasteiger partial charge in [-0.3, -0.25) is 0 Å². The van der Waals surface area contributed by atoms with Gasteiger partial charge in [-0.05, 0) is 56.3 Å². The van der Waals surface area contributed by atoms with Gasteiger partial charge in [0, 0.05) is 36.0 Å². The lowest BCUT2D eigenvalue weighted by Gasteiger charge is -2.33. The van der Waals surface area contributed by atoms with E-state index in [1.165, 1.54) is 0 Å². The summed E-state index contributed by atoms with van der Waals surface area (Å²) in [5.41, 5.74) is 1.90. The summed E-state index contributed by atoms with van der Waals surface area (Å²) in [5.74, 6) is 1.73. The molecule has 0 aromatic heterocycles. The molecule has 2 atom stereocenters. The summed E-state index contributed by atoms with van der Waals surface area (Å²) >= 11 is 0. The first-order valence-corrected chi connectivity index (χ1v) is 12.3. The second kappa shape index (κ2) is 12.0. The summed E-state index contributed by atoms with van der Waals surface area (Å²) < 4.78 is 36.6. The Morgan fingerprint density at radius 3 is 2.30 bits per heavy atom. The van der Waals surface area contributed by atoms with Crippen molar-refractivity contribution in [2.45, 2.75) is 64.7 Å². The lowest BCUT2D eigenvalue weighted by Crippen LogP contribution is -2.36. The average Bonchev–Trinajstić information content (AvgIpc) is 2.76. The van der Waals surface area contributed by atoms with Crippen LogP contribution in [0.1, 0.15) is 58.6 Å². The normalized spacial score (nSPS) is 13.8. The van der Waals surface area contributed by atoms with Crippen LogP contribution in [0.25, 0.3) is 0 Å². The second-order valence-corrected chi connectivity index (χ2v) is 11.3. The summed E-state index contributed by atoms with van der Waals surface area (Å²) in [4.78, 5) is 0. The van der Waals surface area contributed by atoms with Crippen LogP contribution in [0.15, 0.2) is 30.3 Å². The Hall–Kier alpha value is -1.88. The van der Waals surface area contributed by atoms with E-state index in [1.807, 2.05) is 18.2 Å². The van der Waals surface area contributed by atoms with Crippen molar-refractivity contribution in [3.05, 3.63) is 47.3 Å². The van der Waals surface area contributed by atoms with Crippen LogP contribution in [0.2, 0.25) is 0 Å². The molecule has 2 unspecified atom stereocenters. The monoisotopic (exact) mass is 479 g/mol. The topological polar surface area (TPSA) is 49.0 Å². The highest BCUT2D eigenvalue weighted by molar-refractivity contribution is 7.48. The Bertz CT molecular complexity index is 916. The number of halogens is 1. The predicted octanol–water partition coefficient (Wildman–Crippen LogP) is 5.73. The van der Waals surface area contributed by atoms with Crippen LogP contribution in [0.5, 0.6) is 17.2 Å². The minimum absolute atomic E-state index is 0.0687. The Morgan fingerprint density at radius 2 is 1.73 bits per heavy atom. The van der Waals surface area contributed by atoms with Gasteiger partial charge in [-0.1, -0.05) is 34.9 Å². The van der Waals surface area contributed by atoms with Crippen molar-refractivity contribution < 1.29 is 23.3 Å². The maximum absolute atomic E-state index is 14.2. The quantitative estimate of drug-likeness (QED) is 0.311. The van der Waals surface area contributed by atoms with E-state index < -0.39 is 0 Å². The van der Waals surface area contributed by atoms with E-state index in [-0.39, 0.29) is 23.3 Å². The van der Waals surface area contributed by atoms with Crippen LogP contribution in [0.4, 0.5) is 4.39 Å². The zero-order valence-electron chi connectivity index (χ0n) is 21.2. The van der Waals surface area contributed by atoms with Gasteiger partial charge in [0.1, 0.15) is 11.6 Å². The molecule has 5 nitrogen and oxygen atoms in total. The summed E-state index contributed by atoms with van der Waals surface area (Å²) in [7, 11) is 5.23. The van der Waals surface area contributed by atoms with Crippen molar-refractivity contribution in [2.75, 3.05) is 28.1 Å². The molecule has 0 bridgehead atoms. The standard InChI is InChI=1S/C26H39FNO4P/c1-9-12-26(5,21-14-20(30-7)15-22(31-8)24(21)32-17-29-6)33-23-11-10-19(27)13-18(23)16-28-25(2,3)4/h10-11,13-15,28,33H,9,12,16-17H2,1-8H3. The van der Waals surface area contributed by atoms with E-state index in [0.717, 1.165) is 29.3 Å². The maximum atomic E-state index is 14.2. The number of nitrogens with one attached hydrogen (secondary N) is 1. The summed E-state index contributed by atoms with van der Waals surface area (Å²) in [5, 5.41) is 4.34. The molecule has 0 aliphatic rings. The van der Waals surface area contributed by atoms with Crippen LogP contribution in [-0.4, -0.2) is 33.7 Å². The number of methoxy groups -OCH3 is 3. The van der Waals surface area contributed by atoms with E-state index in [0.29, 0.717) is 32.4 Å². The first kappa shape index (κ1) is 27.4. The van der Waals surface area contributed by atoms with Crippen molar-refractivity contribution in [2.24, 2.45) is 0 Å². The second-order valence-electron chi connectivity index (χ2n) is 9.37. The highest BCUT2D eigenvalue weighted by Gasteiger charge is 2.33. The van der Waals surface area contributed by atoms with Crippen LogP contribution in [0, 0.1) is 5.82 Å². The highest BCUT2D eigenvalue weighted by atomic mass is 31.1. The Morgan fingerprint density at radius 1 is 1.00 bits per heavy atom. The molecule has 2 rings (SSSR count). The number of rotatable bonds is 12. The number of benzene rings is 2. The lowest BCUT2D eigenvalue weighted by atomic mass is 9.93. The number of ether oxygens (including phenoxy) is 4. The third kappa shape index (κ3) is 7.56. The molecule has 184 valence electrons. The number of hydrogen-bond acceptors (Lipinski definition) is 5. The molecular formula is C26H39FNO4P. The Kier molecular flexibility index (Phi) is 9.96. The molecule has 0 saturated carbocycles. The van der Waals surface area contributed by atoms with Crippen LogP contribution in [0.3, 0.4) is 0 Å². The highest BCUT2D eigenvalue weighted by Crippen LogP contribution is 2.52. The lowest BCUT2D eigenvalue weighted by molar-refractivity contribution is 0.0479. The third-order valence-corrected chi connectivity index (χ3v) is 7.26. The molecule has 2 aromatic rings. The van der Waals surface area contributed by atoms with Crippen molar-refractivity contribution in [3.63, 3.8) is 0 Å². The molecule has 0 amide bonds. The fourth-order valence-electron chi connectivity index (χ4n) is 3.78. The van der Waals surface area contributed by atoms with E-state index >= 15 is 0 Å². The minimum Gasteiger partial charge on any atom is -0.497 e.